The van der Waals surface area contributed by atoms with Crippen molar-refractivity contribution >= 4 is 16.9 Å². The van der Waals surface area contributed by atoms with Gasteiger partial charge in [0.15, 0.2) is 5.54 Å². The van der Waals surface area contributed by atoms with Gasteiger partial charge in [0.05, 0.1) is 18.2 Å². The van der Waals surface area contributed by atoms with Crippen molar-refractivity contribution in [1.29, 1.82) is 0 Å². The number of unbranched alkanes of at least 4 members (excludes halogenated alkanes) is 1. The fraction of sp³-hybridized carbons (Fsp3) is 0.163. The maximum atomic E-state index is 13.4. The number of carbonyl (C=O) groups is 1. The fourth-order valence-corrected chi connectivity index (χ4v) is 7.83. The first-order valence-electron chi connectivity index (χ1n) is 19.2. The second-order valence-corrected chi connectivity index (χ2v) is 14.2. The first-order chi connectivity index (χ1) is 27.5. The first-order valence-corrected chi connectivity index (χ1v) is 19.2. The molecule has 7 nitrogen and oxygen atoms in total. The number of pyridine rings is 1. The van der Waals surface area contributed by atoms with E-state index in [4.69, 9.17) is 25.1 Å². The topological polar surface area (TPSA) is 82.8 Å². The van der Waals surface area contributed by atoms with E-state index in [0.717, 1.165) is 85.9 Å². The maximum absolute atomic E-state index is 13.4. The van der Waals surface area contributed by atoms with Gasteiger partial charge in [-0.3, -0.25) is 4.98 Å². The average molecular weight is 734 g/mol. The summed E-state index contributed by atoms with van der Waals surface area (Å²) in [7, 11) is 1.45. The Morgan fingerprint density at radius 1 is 0.714 bits per heavy atom. The SMILES string of the molecule is CCCCc1nc2ccc(C)cc2c(C(=O)OC)c1Cc1ccc(-c2ccccc2-c2nnn(C(c3ccccc3)(c3ccccc3)c3ccccc3)n2)cc1. The first kappa shape index (κ1) is 36.3. The van der Waals surface area contributed by atoms with E-state index in [0.29, 0.717) is 17.8 Å². The van der Waals surface area contributed by atoms with Gasteiger partial charge in [0.25, 0.3) is 0 Å². The van der Waals surface area contributed by atoms with Crippen LogP contribution in [0.2, 0.25) is 0 Å². The molecular formula is C49H43N5O2. The van der Waals surface area contributed by atoms with Crippen LogP contribution >= 0.6 is 0 Å². The number of hydrogen-bond donors (Lipinski definition) is 0. The highest BCUT2D eigenvalue weighted by Crippen LogP contribution is 2.40. The molecule has 2 heterocycles. The van der Waals surface area contributed by atoms with E-state index in [1.54, 1.807) is 4.80 Å². The molecule has 0 radical (unpaired) electrons. The molecule has 0 aliphatic heterocycles. The van der Waals surface area contributed by atoms with Crippen LogP contribution in [0, 0.1) is 6.92 Å². The van der Waals surface area contributed by atoms with Gasteiger partial charge in [0.2, 0.25) is 5.82 Å². The van der Waals surface area contributed by atoms with E-state index in [1.807, 2.05) is 97.9 Å². The number of aromatic nitrogens is 5. The van der Waals surface area contributed by atoms with Crippen LogP contribution in [0.15, 0.2) is 158 Å². The predicted octanol–water partition coefficient (Wildman–Crippen LogP) is 10.4. The molecule has 0 saturated carbocycles. The lowest BCUT2D eigenvalue weighted by molar-refractivity contribution is 0.0601. The third-order valence-electron chi connectivity index (χ3n) is 10.6. The van der Waals surface area contributed by atoms with Gasteiger partial charge in [-0.25, -0.2) is 4.79 Å². The average Bonchev–Trinajstić information content (AvgIpc) is 3.75. The minimum atomic E-state index is -0.874. The molecular weight excluding hydrogens is 691 g/mol. The van der Waals surface area contributed by atoms with Gasteiger partial charge in [-0.1, -0.05) is 165 Å². The molecule has 0 aliphatic rings. The zero-order valence-corrected chi connectivity index (χ0v) is 31.9. The molecule has 0 saturated heterocycles. The molecule has 7 heteroatoms. The van der Waals surface area contributed by atoms with Crippen molar-refractivity contribution < 1.29 is 9.53 Å². The summed E-state index contributed by atoms with van der Waals surface area (Å²) in [4.78, 5) is 20.3. The number of rotatable bonds is 12. The number of ether oxygens (including phenoxy) is 1. The Bertz CT molecular complexity index is 2510. The third-order valence-corrected chi connectivity index (χ3v) is 10.6. The van der Waals surface area contributed by atoms with Gasteiger partial charge in [0, 0.05) is 23.1 Å². The minimum Gasteiger partial charge on any atom is -0.465 e. The Morgan fingerprint density at radius 3 is 1.89 bits per heavy atom. The summed E-state index contributed by atoms with van der Waals surface area (Å²) in [5, 5.41) is 15.5. The molecule has 0 amide bonds. The van der Waals surface area contributed by atoms with Crippen molar-refractivity contribution in [2.24, 2.45) is 0 Å². The molecule has 6 aromatic carbocycles. The summed E-state index contributed by atoms with van der Waals surface area (Å²) in [5.74, 6) is 0.190. The lowest BCUT2D eigenvalue weighted by atomic mass is 9.77. The lowest BCUT2D eigenvalue weighted by Gasteiger charge is -2.34. The van der Waals surface area contributed by atoms with E-state index in [9.17, 15) is 4.79 Å². The fourth-order valence-electron chi connectivity index (χ4n) is 7.83. The smallest absolute Gasteiger partial charge is 0.338 e. The quantitative estimate of drug-likeness (QED) is 0.0918. The Labute approximate surface area is 327 Å². The number of carbonyl (C=O) groups excluding carboxylic acids is 1. The van der Waals surface area contributed by atoms with E-state index in [2.05, 4.69) is 73.7 Å². The summed E-state index contributed by atoms with van der Waals surface area (Å²) in [6.45, 7) is 4.20. The normalized spacial score (nSPS) is 11.5. The van der Waals surface area contributed by atoms with Gasteiger partial charge >= 0.3 is 5.97 Å². The minimum absolute atomic E-state index is 0.336. The van der Waals surface area contributed by atoms with Crippen LogP contribution in [0.3, 0.4) is 0 Å². The Morgan fingerprint density at radius 2 is 1.30 bits per heavy atom. The second kappa shape index (κ2) is 15.9. The van der Waals surface area contributed by atoms with Gasteiger partial charge in [-0.05, 0) is 76.1 Å². The van der Waals surface area contributed by atoms with Crippen LogP contribution in [0.5, 0.6) is 0 Å². The highest BCUT2D eigenvalue weighted by atomic mass is 16.5. The number of esters is 1. The maximum Gasteiger partial charge on any atom is 0.338 e. The third kappa shape index (κ3) is 6.77. The standard InChI is InChI=1S/C49H43N5O2/c1-4-5-25-44-43(46(48(55)56-3)42-32-34(2)26-31-45(42)50-44)33-35-27-29-36(30-28-35)40-23-15-16-24-41(40)47-51-53-54(52-47)49(37-17-9-6-10-18-37,38-19-11-7-12-20-38)39-21-13-8-14-22-39/h6-24,26-32H,4-5,25,33H2,1-3H3. The molecule has 0 atom stereocenters. The summed E-state index contributed by atoms with van der Waals surface area (Å²) < 4.78 is 5.37. The Hall–Kier alpha value is -6.73. The van der Waals surface area contributed by atoms with Crippen molar-refractivity contribution in [3.05, 3.63) is 202 Å². The number of benzene rings is 6. The Kier molecular flexibility index (Phi) is 10.3. The highest BCUT2D eigenvalue weighted by Gasteiger charge is 2.41. The molecule has 8 rings (SSSR count). The molecule has 0 aliphatic carbocycles. The summed E-state index contributed by atoms with van der Waals surface area (Å²) >= 11 is 0. The molecule has 8 aromatic rings. The molecule has 0 unspecified atom stereocenters. The predicted molar refractivity (Wildman–Crippen MR) is 223 cm³/mol. The van der Waals surface area contributed by atoms with Crippen molar-refractivity contribution in [2.45, 2.75) is 45.1 Å². The monoisotopic (exact) mass is 733 g/mol. The van der Waals surface area contributed by atoms with E-state index in [1.165, 1.54) is 7.11 Å². The van der Waals surface area contributed by atoms with Crippen molar-refractivity contribution in [3.8, 4) is 22.5 Å². The number of methoxy groups -OCH3 is 1. The van der Waals surface area contributed by atoms with Crippen LogP contribution < -0.4 is 0 Å². The van der Waals surface area contributed by atoms with Crippen LogP contribution in [-0.2, 0) is 23.1 Å². The number of fused-ring (bicyclic) bond motifs is 1. The second-order valence-electron chi connectivity index (χ2n) is 14.2. The number of hydrogen-bond acceptors (Lipinski definition) is 6. The molecule has 56 heavy (non-hydrogen) atoms. The number of nitrogens with zero attached hydrogens (tertiary/aromatic N) is 5. The molecule has 0 spiro atoms. The highest BCUT2D eigenvalue weighted by molar-refractivity contribution is 6.05. The van der Waals surface area contributed by atoms with Crippen LogP contribution in [0.25, 0.3) is 33.4 Å². The molecule has 2 aromatic heterocycles. The van der Waals surface area contributed by atoms with Crippen molar-refractivity contribution in [1.82, 2.24) is 25.2 Å². The summed E-state index contributed by atoms with van der Waals surface area (Å²) in [6.07, 6.45) is 3.36. The summed E-state index contributed by atoms with van der Waals surface area (Å²) in [5.41, 5.74) is 10.5. The van der Waals surface area contributed by atoms with Gasteiger partial charge in [-0.2, -0.15) is 0 Å². The number of tetrazole rings is 1. The van der Waals surface area contributed by atoms with Crippen LogP contribution in [-0.4, -0.2) is 38.3 Å². The van der Waals surface area contributed by atoms with Crippen LogP contribution in [0.4, 0.5) is 0 Å². The zero-order valence-electron chi connectivity index (χ0n) is 31.9. The molecule has 0 N–H and O–H groups in total. The largest absolute Gasteiger partial charge is 0.465 e. The van der Waals surface area contributed by atoms with Gasteiger partial charge in [0.1, 0.15) is 0 Å². The van der Waals surface area contributed by atoms with Gasteiger partial charge < -0.3 is 4.74 Å². The van der Waals surface area contributed by atoms with Crippen molar-refractivity contribution in [3.63, 3.8) is 0 Å². The number of aryl methyl sites for hydroxylation is 2. The zero-order chi connectivity index (χ0) is 38.5. The Balaban J connectivity index is 1.19. The summed E-state index contributed by atoms with van der Waals surface area (Å²) in [6, 6.07) is 53.9. The van der Waals surface area contributed by atoms with E-state index >= 15 is 0 Å². The molecule has 276 valence electrons. The molecule has 0 fully saturated rings. The van der Waals surface area contributed by atoms with Crippen LogP contribution in [0.1, 0.15) is 69.2 Å². The van der Waals surface area contributed by atoms with Gasteiger partial charge in [-0.15, -0.1) is 15.0 Å². The van der Waals surface area contributed by atoms with E-state index < -0.39 is 5.54 Å². The lowest BCUT2D eigenvalue weighted by Crippen LogP contribution is -2.39. The molecule has 0 bridgehead atoms. The van der Waals surface area contributed by atoms with Crippen molar-refractivity contribution in [2.75, 3.05) is 7.11 Å². The van der Waals surface area contributed by atoms with E-state index in [-0.39, 0.29) is 5.97 Å².